The summed E-state index contributed by atoms with van der Waals surface area (Å²) in [5.41, 5.74) is 5.55. The fourth-order valence-corrected chi connectivity index (χ4v) is 10.6. The lowest BCUT2D eigenvalue weighted by Gasteiger charge is -2.41. The van der Waals surface area contributed by atoms with E-state index in [4.69, 9.17) is 23.2 Å². The predicted octanol–water partition coefficient (Wildman–Crippen LogP) is 7.03. The van der Waals surface area contributed by atoms with Gasteiger partial charge < -0.3 is 45.5 Å². The normalized spacial score (nSPS) is 18.8. The highest BCUT2D eigenvalue weighted by atomic mass is 35.5. The molecule has 2 atom stereocenters. The summed E-state index contributed by atoms with van der Waals surface area (Å²) in [5.74, 6) is -0.231. The van der Waals surface area contributed by atoms with Crippen molar-refractivity contribution in [1.82, 2.24) is 60.4 Å². The molecule has 6 amide bonds. The molecule has 5 N–H and O–H groups in total. The average molecular weight is 1040 g/mol. The molecule has 0 bridgehead atoms. The Bertz CT molecular complexity index is 2510. The number of piperazine rings is 2. The van der Waals surface area contributed by atoms with Crippen LogP contribution in [0.5, 0.6) is 0 Å². The lowest BCUT2D eigenvalue weighted by Crippen LogP contribution is -2.63. The van der Waals surface area contributed by atoms with E-state index in [0.29, 0.717) is 81.8 Å². The zero-order valence-electron chi connectivity index (χ0n) is 41.9. The van der Waals surface area contributed by atoms with Crippen LogP contribution in [-0.2, 0) is 42.1 Å². The number of halogens is 2. The van der Waals surface area contributed by atoms with Crippen LogP contribution in [0.4, 0.5) is 9.59 Å². The molecule has 5 aromatic rings. The molecule has 18 heteroatoms. The molecule has 0 spiro atoms. The molecule has 4 fully saturated rings. The van der Waals surface area contributed by atoms with E-state index < -0.39 is 12.1 Å². The van der Waals surface area contributed by atoms with E-state index >= 15 is 0 Å². The number of nitrogens with zero attached hydrogens (tertiary/aromatic N) is 7. The lowest BCUT2D eigenvalue weighted by molar-refractivity contribution is -0.127. The number of nitrogens with one attached hydrogen (secondary N) is 5. The predicted molar refractivity (Wildman–Crippen MR) is 285 cm³/mol. The zero-order chi connectivity index (χ0) is 50.8. The monoisotopic (exact) mass is 1030 g/mol. The maximum absolute atomic E-state index is 13.5. The third-order valence-corrected chi connectivity index (χ3v) is 14.9. The molecule has 16 nitrogen and oxygen atoms in total. The first-order chi connectivity index (χ1) is 35.6. The van der Waals surface area contributed by atoms with Crippen LogP contribution in [-0.4, -0.2) is 134 Å². The molecule has 4 aliphatic rings. The zero-order valence-corrected chi connectivity index (χ0v) is 43.4. The van der Waals surface area contributed by atoms with Crippen molar-refractivity contribution in [2.75, 3.05) is 52.4 Å². The second-order valence-electron chi connectivity index (χ2n) is 19.8. The fraction of sp³-hybridized carbons (Fsp3) is 0.491. The number of hydrogen-bond donors (Lipinski definition) is 5. The van der Waals surface area contributed by atoms with Gasteiger partial charge in [-0.25, -0.2) is 19.6 Å². The van der Waals surface area contributed by atoms with Crippen LogP contribution >= 0.6 is 23.2 Å². The molecule has 0 unspecified atom stereocenters. The van der Waals surface area contributed by atoms with E-state index in [-0.39, 0.29) is 36.0 Å². The standard InChI is InChI=1S/C31H39ClN6O2.C24H33ClN6O2/c32-26-13-11-25(12-14-26)21-37-23-33-19-28(37)15-16-34-30(39)29-22-36(20-24-7-3-1-4-8-24)17-18-38(29)31(40)35-27-9-5-2-6-10-27;25-19-8-6-18(7-9-19)16-30-17-27-14-21(30)10-11-28-23(32)22-15-26-12-13-31(22)24(33)29-20-4-2-1-3-5-20/h1,3-4,7-8,11-14,19,23,27,29H,2,5-6,9-10,15-18,20-22H2,(H,34,39)(H,35,40);6-9,14,17,20,22,26H,1-5,10-13,15-16H2,(H,28,32)(H,29,33)/t29-;22-/m11/s1. The molecule has 4 heterocycles. The van der Waals surface area contributed by atoms with Gasteiger partial charge in [0.2, 0.25) is 11.8 Å². The Morgan fingerprint density at radius 2 is 1.04 bits per heavy atom. The molecule has 0 radical (unpaired) electrons. The summed E-state index contributed by atoms with van der Waals surface area (Å²) in [7, 11) is 0. The molecule has 390 valence electrons. The van der Waals surface area contributed by atoms with Crippen molar-refractivity contribution in [3.63, 3.8) is 0 Å². The highest BCUT2D eigenvalue weighted by Crippen LogP contribution is 2.21. The van der Waals surface area contributed by atoms with Crippen molar-refractivity contribution < 1.29 is 19.2 Å². The second kappa shape index (κ2) is 27.4. The lowest BCUT2D eigenvalue weighted by atomic mass is 9.95. The van der Waals surface area contributed by atoms with E-state index in [1.165, 1.54) is 18.4 Å². The third-order valence-electron chi connectivity index (χ3n) is 14.4. The summed E-state index contributed by atoms with van der Waals surface area (Å²) in [6, 6.07) is 25.0. The Balaban J connectivity index is 0.000000199. The Morgan fingerprint density at radius 1 is 0.562 bits per heavy atom. The topological polar surface area (TPSA) is 174 Å². The van der Waals surface area contributed by atoms with Gasteiger partial charge in [0.1, 0.15) is 12.1 Å². The molecular weight excluding hydrogens is 964 g/mol. The van der Waals surface area contributed by atoms with Crippen molar-refractivity contribution in [2.24, 2.45) is 0 Å². The van der Waals surface area contributed by atoms with Crippen molar-refractivity contribution in [3.8, 4) is 0 Å². The van der Waals surface area contributed by atoms with Crippen LogP contribution in [0, 0.1) is 0 Å². The number of aromatic nitrogens is 4. The first-order valence-corrected chi connectivity index (χ1v) is 27.0. The van der Waals surface area contributed by atoms with E-state index in [2.05, 4.69) is 62.7 Å². The van der Waals surface area contributed by atoms with Gasteiger partial charge in [0.15, 0.2) is 0 Å². The van der Waals surface area contributed by atoms with E-state index in [1.807, 2.05) is 85.5 Å². The number of imidazole rings is 2. The van der Waals surface area contributed by atoms with E-state index in [0.717, 1.165) is 87.0 Å². The van der Waals surface area contributed by atoms with Crippen molar-refractivity contribution in [2.45, 2.75) is 121 Å². The maximum atomic E-state index is 13.5. The molecule has 2 saturated carbocycles. The second-order valence-corrected chi connectivity index (χ2v) is 20.6. The number of carbonyl (C=O) groups is 4. The van der Waals surface area contributed by atoms with Crippen LogP contribution in [0.15, 0.2) is 104 Å². The Kier molecular flexibility index (Phi) is 20.0. The third kappa shape index (κ3) is 16.0. The molecule has 9 rings (SSSR count). The Hall–Kier alpha value is -5.94. The van der Waals surface area contributed by atoms with E-state index in [9.17, 15) is 19.2 Å². The summed E-state index contributed by atoms with van der Waals surface area (Å²) in [5, 5.41) is 17.2. The van der Waals surface area contributed by atoms with Crippen molar-refractivity contribution in [3.05, 3.63) is 142 Å². The number of urea groups is 2. The molecular formula is C55H72Cl2N12O4. The van der Waals surface area contributed by atoms with Gasteiger partial charge in [0.05, 0.1) is 12.7 Å². The fourth-order valence-electron chi connectivity index (χ4n) is 10.3. The minimum absolute atomic E-state index is 0.111. The summed E-state index contributed by atoms with van der Waals surface area (Å²) in [6.45, 7) is 6.57. The van der Waals surface area contributed by atoms with Crippen LogP contribution < -0.4 is 26.6 Å². The minimum atomic E-state index is -0.542. The summed E-state index contributed by atoms with van der Waals surface area (Å²) >= 11 is 12.0. The highest BCUT2D eigenvalue weighted by molar-refractivity contribution is 6.30. The summed E-state index contributed by atoms with van der Waals surface area (Å²) in [6.07, 6.45) is 19.7. The van der Waals surface area contributed by atoms with Gasteiger partial charge in [0.25, 0.3) is 0 Å². The molecule has 2 aliphatic heterocycles. The van der Waals surface area contributed by atoms with Crippen molar-refractivity contribution in [1.29, 1.82) is 0 Å². The Labute approximate surface area is 440 Å². The van der Waals surface area contributed by atoms with Crippen LogP contribution in [0.25, 0.3) is 0 Å². The SMILES string of the molecule is O=C(NCCc1cncn1Cc1ccc(Cl)cc1)[C@H]1CN(Cc2ccccc2)CCN1C(=O)NC1CCCCC1.O=C(NCCc1cncn1Cc1ccc(Cl)cc1)[C@H]1CNCCN1C(=O)NC1CCCCC1. The molecule has 3 aromatic carbocycles. The quantitative estimate of drug-likeness (QED) is 0.0701. The van der Waals surface area contributed by atoms with Gasteiger partial charge in [-0.15, -0.1) is 0 Å². The van der Waals surface area contributed by atoms with Crippen LogP contribution in [0.1, 0.15) is 92.3 Å². The van der Waals surface area contributed by atoms with Gasteiger partial charge in [-0.2, -0.15) is 0 Å². The van der Waals surface area contributed by atoms with Gasteiger partial charge >= 0.3 is 12.1 Å². The number of rotatable bonds is 16. The molecule has 2 aliphatic carbocycles. The first kappa shape index (κ1) is 53.4. The maximum Gasteiger partial charge on any atom is 0.318 e. The minimum Gasteiger partial charge on any atom is -0.354 e. The van der Waals surface area contributed by atoms with Gasteiger partial charge in [-0.3, -0.25) is 14.5 Å². The van der Waals surface area contributed by atoms with Crippen LogP contribution in [0.2, 0.25) is 10.0 Å². The average Bonchev–Trinajstić information content (AvgIpc) is 4.06. The summed E-state index contributed by atoms with van der Waals surface area (Å²) in [4.78, 5) is 67.0. The highest BCUT2D eigenvalue weighted by Gasteiger charge is 2.37. The van der Waals surface area contributed by atoms with Gasteiger partial charge in [-0.05, 0) is 66.6 Å². The van der Waals surface area contributed by atoms with Crippen LogP contribution in [0.3, 0.4) is 0 Å². The number of carbonyl (C=O) groups excluding carboxylic acids is 4. The Morgan fingerprint density at radius 3 is 1.56 bits per heavy atom. The van der Waals surface area contributed by atoms with Gasteiger partial charge in [0, 0.05) is 131 Å². The smallest absolute Gasteiger partial charge is 0.318 e. The number of benzene rings is 3. The number of amides is 6. The van der Waals surface area contributed by atoms with Gasteiger partial charge in [-0.1, -0.05) is 116 Å². The largest absolute Gasteiger partial charge is 0.354 e. The van der Waals surface area contributed by atoms with E-state index in [1.54, 1.807) is 16.1 Å². The van der Waals surface area contributed by atoms with Crippen molar-refractivity contribution >= 4 is 47.1 Å². The number of hydrogen-bond acceptors (Lipinski definition) is 8. The molecule has 2 saturated heterocycles. The molecule has 73 heavy (non-hydrogen) atoms. The molecule has 2 aromatic heterocycles. The first-order valence-electron chi connectivity index (χ1n) is 26.3. The summed E-state index contributed by atoms with van der Waals surface area (Å²) < 4.78 is 4.16.